The van der Waals surface area contributed by atoms with Crippen LogP contribution in [-0.4, -0.2) is 17.7 Å². The van der Waals surface area contributed by atoms with E-state index in [0.717, 1.165) is 10.6 Å². The van der Waals surface area contributed by atoms with Crippen LogP contribution < -0.4 is 5.32 Å². The van der Waals surface area contributed by atoms with Crippen molar-refractivity contribution in [2.24, 2.45) is 5.16 Å². The van der Waals surface area contributed by atoms with E-state index in [0.29, 0.717) is 22.0 Å². The van der Waals surface area contributed by atoms with Crippen LogP contribution >= 0.6 is 22.9 Å². The van der Waals surface area contributed by atoms with Crippen molar-refractivity contribution in [1.82, 2.24) is 0 Å². The second-order valence-corrected chi connectivity index (χ2v) is 6.33. The lowest BCUT2D eigenvalue weighted by Crippen LogP contribution is -2.27. The van der Waals surface area contributed by atoms with E-state index in [1.54, 1.807) is 30.3 Å². The third kappa shape index (κ3) is 3.11. The molecule has 0 radical (unpaired) electrons. The number of hydrogen-bond donors (Lipinski definition) is 1. The minimum atomic E-state index is -0.661. The van der Waals surface area contributed by atoms with Gasteiger partial charge in [-0.05, 0) is 36.4 Å². The van der Waals surface area contributed by atoms with Crippen LogP contribution in [0.15, 0.2) is 41.6 Å². The summed E-state index contributed by atoms with van der Waals surface area (Å²) in [5, 5.41) is 15.4. The Morgan fingerprint density at radius 3 is 2.77 bits per heavy atom. The Kier molecular flexibility index (Phi) is 4.09. The molecule has 1 aromatic carbocycles. The minimum Gasteiger partial charge on any atom is -0.382 e. The van der Waals surface area contributed by atoms with Gasteiger partial charge in [0.2, 0.25) is 6.10 Å². The van der Waals surface area contributed by atoms with E-state index in [4.69, 9.17) is 21.7 Å². The molecule has 1 aliphatic heterocycles. The van der Waals surface area contributed by atoms with Gasteiger partial charge in [0.25, 0.3) is 5.91 Å². The van der Waals surface area contributed by atoms with E-state index < -0.39 is 6.10 Å². The molecular weight excluding hydrogens is 322 g/mol. The van der Waals surface area contributed by atoms with Gasteiger partial charge in [-0.2, -0.15) is 5.26 Å². The number of carbonyl (C=O) groups is 1. The number of thiophene rings is 1. The lowest BCUT2D eigenvalue weighted by molar-refractivity contribution is -0.125. The van der Waals surface area contributed by atoms with Crippen LogP contribution in [0.5, 0.6) is 0 Å². The van der Waals surface area contributed by atoms with Crippen molar-refractivity contribution >= 4 is 40.2 Å². The standard InChI is InChI=1S/C15H10ClN3O2S/c16-14-6-5-13(22-14)11-7-12(21-19-11)15(20)18-10-3-1-9(8-17)2-4-10/h1-6,12H,7H2,(H,18,20). The summed E-state index contributed by atoms with van der Waals surface area (Å²) in [5.41, 5.74) is 1.87. The summed E-state index contributed by atoms with van der Waals surface area (Å²) in [6, 6.07) is 12.3. The fraction of sp³-hybridized carbons (Fsp3) is 0.133. The first-order valence-corrected chi connectivity index (χ1v) is 7.64. The number of carbonyl (C=O) groups excluding carboxylic acids is 1. The zero-order valence-electron chi connectivity index (χ0n) is 11.2. The predicted octanol–water partition coefficient (Wildman–Crippen LogP) is 3.40. The number of amides is 1. The Balaban J connectivity index is 1.61. The highest BCUT2D eigenvalue weighted by atomic mass is 35.5. The van der Waals surface area contributed by atoms with Gasteiger partial charge in [0.05, 0.1) is 20.8 Å². The van der Waals surface area contributed by atoms with Crippen molar-refractivity contribution in [2.75, 3.05) is 5.32 Å². The van der Waals surface area contributed by atoms with Crippen LogP contribution in [0.2, 0.25) is 4.34 Å². The van der Waals surface area contributed by atoms with Crippen molar-refractivity contribution in [3.63, 3.8) is 0 Å². The second kappa shape index (κ2) is 6.18. The van der Waals surface area contributed by atoms with Crippen LogP contribution in [0, 0.1) is 11.3 Å². The number of halogens is 1. The molecule has 1 amide bonds. The lowest BCUT2D eigenvalue weighted by atomic mass is 10.1. The van der Waals surface area contributed by atoms with E-state index in [-0.39, 0.29) is 5.91 Å². The highest BCUT2D eigenvalue weighted by Gasteiger charge is 2.29. The van der Waals surface area contributed by atoms with Crippen LogP contribution in [0.4, 0.5) is 5.69 Å². The predicted molar refractivity (Wildman–Crippen MR) is 85.1 cm³/mol. The largest absolute Gasteiger partial charge is 0.382 e. The maximum Gasteiger partial charge on any atom is 0.268 e. The maximum absolute atomic E-state index is 12.2. The molecule has 3 rings (SSSR count). The van der Waals surface area contributed by atoms with Crippen LogP contribution in [0.25, 0.3) is 0 Å². The molecule has 0 spiro atoms. The van der Waals surface area contributed by atoms with Crippen molar-refractivity contribution in [3.05, 3.63) is 51.2 Å². The van der Waals surface area contributed by atoms with Gasteiger partial charge in [-0.1, -0.05) is 16.8 Å². The van der Waals surface area contributed by atoms with Crippen molar-refractivity contribution in [2.45, 2.75) is 12.5 Å². The van der Waals surface area contributed by atoms with Crippen LogP contribution in [-0.2, 0) is 9.63 Å². The molecule has 5 nitrogen and oxygen atoms in total. The molecule has 0 aliphatic carbocycles. The zero-order chi connectivity index (χ0) is 15.5. The summed E-state index contributed by atoms with van der Waals surface area (Å²) in [5.74, 6) is -0.272. The van der Waals surface area contributed by atoms with Crippen molar-refractivity contribution in [3.8, 4) is 6.07 Å². The number of anilines is 1. The average molecular weight is 332 g/mol. The smallest absolute Gasteiger partial charge is 0.268 e. The van der Waals surface area contributed by atoms with Crippen molar-refractivity contribution < 1.29 is 9.63 Å². The molecule has 2 heterocycles. The highest BCUT2D eigenvalue weighted by molar-refractivity contribution is 7.18. The SMILES string of the molecule is N#Cc1ccc(NC(=O)C2CC(c3ccc(Cl)s3)=NO2)cc1. The molecule has 110 valence electrons. The summed E-state index contributed by atoms with van der Waals surface area (Å²) in [7, 11) is 0. The summed E-state index contributed by atoms with van der Waals surface area (Å²) < 4.78 is 0.670. The molecule has 7 heteroatoms. The molecule has 2 aromatic rings. The topological polar surface area (TPSA) is 74.5 Å². The number of benzene rings is 1. The molecule has 1 aliphatic rings. The zero-order valence-corrected chi connectivity index (χ0v) is 12.8. The fourth-order valence-corrected chi connectivity index (χ4v) is 3.02. The molecule has 0 fully saturated rings. The minimum absolute atomic E-state index is 0.272. The third-order valence-corrected chi connectivity index (χ3v) is 4.38. The lowest BCUT2D eigenvalue weighted by Gasteiger charge is -2.09. The maximum atomic E-state index is 12.2. The number of oxime groups is 1. The van der Waals surface area contributed by atoms with Crippen LogP contribution in [0.1, 0.15) is 16.9 Å². The van der Waals surface area contributed by atoms with E-state index in [9.17, 15) is 4.79 Å². The van der Waals surface area contributed by atoms with E-state index in [1.807, 2.05) is 12.1 Å². The third-order valence-electron chi connectivity index (χ3n) is 3.10. The molecule has 1 N–H and O–H groups in total. The Morgan fingerprint density at radius 2 is 2.14 bits per heavy atom. The fourth-order valence-electron chi connectivity index (χ4n) is 1.98. The van der Waals surface area contributed by atoms with Gasteiger partial charge < -0.3 is 10.2 Å². The van der Waals surface area contributed by atoms with Gasteiger partial charge in [-0.25, -0.2) is 0 Å². The van der Waals surface area contributed by atoms with Gasteiger partial charge >= 0.3 is 0 Å². The Bertz CT molecular complexity index is 777. The van der Waals surface area contributed by atoms with E-state index >= 15 is 0 Å². The van der Waals surface area contributed by atoms with Gasteiger partial charge in [0.1, 0.15) is 5.71 Å². The van der Waals surface area contributed by atoms with Gasteiger partial charge in [-0.15, -0.1) is 11.3 Å². The summed E-state index contributed by atoms with van der Waals surface area (Å²) in [6.07, 6.45) is -0.259. The molecule has 0 saturated carbocycles. The monoisotopic (exact) mass is 331 g/mol. The Labute approximate surface area is 135 Å². The molecule has 1 atom stereocenters. The van der Waals surface area contributed by atoms with E-state index in [1.165, 1.54) is 11.3 Å². The van der Waals surface area contributed by atoms with Crippen molar-refractivity contribution in [1.29, 1.82) is 5.26 Å². The first kappa shape index (κ1) is 14.6. The number of nitriles is 1. The number of nitrogens with one attached hydrogen (secondary N) is 1. The normalized spacial score (nSPS) is 16.5. The molecule has 0 saturated heterocycles. The molecule has 1 unspecified atom stereocenters. The molecule has 1 aromatic heterocycles. The Hall–Kier alpha value is -2.36. The molecule has 22 heavy (non-hydrogen) atoms. The van der Waals surface area contributed by atoms with Gasteiger partial charge in [0.15, 0.2) is 0 Å². The second-order valence-electron chi connectivity index (χ2n) is 4.62. The number of rotatable bonds is 3. The van der Waals surface area contributed by atoms with Gasteiger partial charge in [0, 0.05) is 12.1 Å². The molecular formula is C15H10ClN3O2S. The first-order chi connectivity index (χ1) is 10.7. The summed E-state index contributed by atoms with van der Waals surface area (Å²) in [4.78, 5) is 18.3. The quantitative estimate of drug-likeness (QED) is 0.936. The number of nitrogens with zero attached hydrogens (tertiary/aromatic N) is 2. The van der Waals surface area contributed by atoms with Crippen LogP contribution in [0.3, 0.4) is 0 Å². The average Bonchev–Trinajstić information content (AvgIpc) is 3.16. The van der Waals surface area contributed by atoms with E-state index in [2.05, 4.69) is 10.5 Å². The number of hydrogen-bond acceptors (Lipinski definition) is 5. The summed E-state index contributed by atoms with van der Waals surface area (Å²) >= 11 is 7.29. The molecule has 0 bridgehead atoms. The summed E-state index contributed by atoms with van der Waals surface area (Å²) in [6.45, 7) is 0. The van der Waals surface area contributed by atoms with Gasteiger partial charge in [-0.3, -0.25) is 4.79 Å². The first-order valence-electron chi connectivity index (χ1n) is 6.45. The highest BCUT2D eigenvalue weighted by Crippen LogP contribution is 2.26. The Morgan fingerprint density at radius 1 is 1.36 bits per heavy atom.